The molecule has 0 spiro atoms. The summed E-state index contributed by atoms with van der Waals surface area (Å²) in [5, 5.41) is 0. The molecule has 392 valence electrons. The summed E-state index contributed by atoms with van der Waals surface area (Å²) in [6.45, 7) is 6.35. The van der Waals surface area contributed by atoms with Crippen LogP contribution in [0.2, 0.25) is 0 Å². The van der Waals surface area contributed by atoms with E-state index in [1.807, 2.05) is 0 Å². The van der Waals surface area contributed by atoms with Crippen molar-refractivity contribution in [2.45, 2.75) is 258 Å². The Kier molecular flexibility index (Phi) is 53.4. The molecule has 0 aliphatic rings. The Labute approximate surface area is 425 Å². The molecule has 0 saturated carbocycles. The van der Waals surface area contributed by atoms with E-state index in [9.17, 15) is 14.4 Å². The summed E-state index contributed by atoms with van der Waals surface area (Å²) in [5.74, 6) is -0.943. The zero-order chi connectivity index (χ0) is 50.0. The van der Waals surface area contributed by atoms with E-state index in [1.165, 1.54) is 96.3 Å². The van der Waals surface area contributed by atoms with Gasteiger partial charge in [-0.3, -0.25) is 14.4 Å². The first-order valence-electron chi connectivity index (χ1n) is 28.4. The fourth-order valence-electron chi connectivity index (χ4n) is 7.58. The van der Waals surface area contributed by atoms with E-state index in [0.29, 0.717) is 19.3 Å². The Balaban J connectivity index is 4.26. The molecule has 0 radical (unpaired) electrons. The average molecular weight is 958 g/mol. The van der Waals surface area contributed by atoms with Crippen LogP contribution >= 0.6 is 0 Å². The van der Waals surface area contributed by atoms with Gasteiger partial charge in [-0.15, -0.1) is 0 Å². The van der Waals surface area contributed by atoms with Crippen molar-refractivity contribution in [3.63, 3.8) is 0 Å². The number of rotatable bonds is 50. The minimum Gasteiger partial charge on any atom is -0.462 e. The molecule has 6 heteroatoms. The number of esters is 3. The van der Waals surface area contributed by atoms with Gasteiger partial charge in [-0.05, 0) is 103 Å². The topological polar surface area (TPSA) is 78.9 Å². The van der Waals surface area contributed by atoms with Crippen molar-refractivity contribution >= 4 is 17.9 Å². The molecule has 0 aliphatic heterocycles. The SMILES string of the molecule is CC/C=C\C/C=C\C/C=C\C/C=C\C/C=C\CCCCCCCCCCCCCC(=O)OCC(COC(=O)CCCCCCCCCCC)OC(=O)CCCC/C=C\C/C=C\C/C=C\C/C=C\CC. The Morgan fingerprint density at radius 3 is 0.913 bits per heavy atom. The van der Waals surface area contributed by atoms with E-state index in [0.717, 1.165) is 109 Å². The highest BCUT2D eigenvalue weighted by Crippen LogP contribution is 2.15. The predicted molar refractivity (Wildman–Crippen MR) is 297 cm³/mol. The second-order valence-electron chi connectivity index (χ2n) is 18.4. The van der Waals surface area contributed by atoms with Crippen LogP contribution in [0.3, 0.4) is 0 Å². The van der Waals surface area contributed by atoms with Gasteiger partial charge in [0.2, 0.25) is 0 Å². The van der Waals surface area contributed by atoms with E-state index < -0.39 is 6.10 Å². The summed E-state index contributed by atoms with van der Waals surface area (Å²) in [6, 6.07) is 0. The minimum absolute atomic E-state index is 0.0949. The first-order valence-corrected chi connectivity index (χ1v) is 28.4. The average Bonchev–Trinajstić information content (AvgIpc) is 3.35. The summed E-state index contributed by atoms with van der Waals surface area (Å²) in [4.78, 5) is 38.0. The second kappa shape index (κ2) is 56.7. The normalized spacial score (nSPS) is 12.9. The van der Waals surface area contributed by atoms with Crippen molar-refractivity contribution in [1.29, 1.82) is 0 Å². The maximum Gasteiger partial charge on any atom is 0.306 e. The molecule has 0 bridgehead atoms. The Bertz CT molecular complexity index is 1420. The number of hydrogen-bond donors (Lipinski definition) is 0. The van der Waals surface area contributed by atoms with Crippen molar-refractivity contribution in [1.82, 2.24) is 0 Å². The number of carbonyl (C=O) groups is 3. The third-order valence-electron chi connectivity index (χ3n) is 11.8. The number of allylic oxidation sites excluding steroid dienone is 18. The van der Waals surface area contributed by atoms with Crippen molar-refractivity contribution in [3.05, 3.63) is 109 Å². The quantitative estimate of drug-likeness (QED) is 0.0262. The maximum atomic E-state index is 12.8. The van der Waals surface area contributed by atoms with E-state index in [4.69, 9.17) is 14.2 Å². The highest BCUT2D eigenvalue weighted by molar-refractivity contribution is 5.71. The predicted octanol–water partition coefficient (Wildman–Crippen LogP) is 19.1. The zero-order valence-corrected chi connectivity index (χ0v) is 44.8. The van der Waals surface area contributed by atoms with Crippen molar-refractivity contribution < 1.29 is 28.6 Å². The van der Waals surface area contributed by atoms with Crippen LogP contribution in [-0.4, -0.2) is 37.2 Å². The molecule has 0 aliphatic carbocycles. The lowest BCUT2D eigenvalue weighted by molar-refractivity contribution is -0.167. The van der Waals surface area contributed by atoms with Gasteiger partial charge >= 0.3 is 17.9 Å². The fraction of sp³-hybridized carbons (Fsp3) is 0.667. The minimum atomic E-state index is -0.799. The van der Waals surface area contributed by atoms with E-state index in [1.54, 1.807) is 0 Å². The van der Waals surface area contributed by atoms with E-state index in [2.05, 4.69) is 130 Å². The lowest BCUT2D eigenvalue weighted by Crippen LogP contribution is -2.30. The van der Waals surface area contributed by atoms with Crippen molar-refractivity contribution in [3.8, 4) is 0 Å². The summed E-state index contributed by atoms with van der Waals surface area (Å²) in [6.07, 6.45) is 76.7. The summed E-state index contributed by atoms with van der Waals surface area (Å²) in [7, 11) is 0. The third-order valence-corrected chi connectivity index (χ3v) is 11.8. The molecule has 0 aromatic heterocycles. The first-order chi connectivity index (χ1) is 34.0. The van der Waals surface area contributed by atoms with Crippen LogP contribution in [0.4, 0.5) is 0 Å². The van der Waals surface area contributed by atoms with Gasteiger partial charge in [-0.1, -0.05) is 239 Å². The summed E-state index contributed by atoms with van der Waals surface area (Å²) in [5.41, 5.74) is 0. The van der Waals surface area contributed by atoms with Gasteiger partial charge in [0.25, 0.3) is 0 Å². The Morgan fingerprint density at radius 1 is 0.304 bits per heavy atom. The smallest absolute Gasteiger partial charge is 0.306 e. The Morgan fingerprint density at radius 2 is 0.565 bits per heavy atom. The Hall–Kier alpha value is -3.93. The van der Waals surface area contributed by atoms with Crippen LogP contribution in [0, 0.1) is 0 Å². The molecule has 0 fully saturated rings. The first kappa shape index (κ1) is 65.1. The largest absolute Gasteiger partial charge is 0.462 e. The lowest BCUT2D eigenvalue weighted by atomic mass is 10.0. The summed E-state index contributed by atoms with van der Waals surface area (Å²) >= 11 is 0. The second-order valence-corrected chi connectivity index (χ2v) is 18.4. The van der Waals surface area contributed by atoms with Gasteiger partial charge in [-0.25, -0.2) is 0 Å². The van der Waals surface area contributed by atoms with Crippen LogP contribution in [0.5, 0.6) is 0 Å². The highest BCUT2D eigenvalue weighted by atomic mass is 16.6. The van der Waals surface area contributed by atoms with Crippen LogP contribution in [0.25, 0.3) is 0 Å². The van der Waals surface area contributed by atoms with Gasteiger partial charge < -0.3 is 14.2 Å². The molecule has 1 atom stereocenters. The van der Waals surface area contributed by atoms with Gasteiger partial charge in [0.1, 0.15) is 13.2 Å². The highest BCUT2D eigenvalue weighted by Gasteiger charge is 2.19. The molecule has 1 unspecified atom stereocenters. The molecule has 0 rings (SSSR count). The number of hydrogen-bond acceptors (Lipinski definition) is 6. The maximum absolute atomic E-state index is 12.8. The molecule has 69 heavy (non-hydrogen) atoms. The lowest BCUT2D eigenvalue weighted by Gasteiger charge is -2.18. The van der Waals surface area contributed by atoms with Crippen LogP contribution < -0.4 is 0 Å². The molecule has 0 aromatic carbocycles. The molecule has 6 nitrogen and oxygen atoms in total. The number of carbonyl (C=O) groups excluding carboxylic acids is 3. The third kappa shape index (κ3) is 54.9. The number of ether oxygens (including phenoxy) is 3. The van der Waals surface area contributed by atoms with E-state index >= 15 is 0 Å². The van der Waals surface area contributed by atoms with Crippen molar-refractivity contribution in [2.24, 2.45) is 0 Å². The monoisotopic (exact) mass is 957 g/mol. The zero-order valence-electron chi connectivity index (χ0n) is 44.8. The fourth-order valence-corrected chi connectivity index (χ4v) is 7.58. The molecular weight excluding hydrogens is 853 g/mol. The summed E-state index contributed by atoms with van der Waals surface area (Å²) < 4.78 is 16.8. The molecule has 0 N–H and O–H groups in total. The van der Waals surface area contributed by atoms with Gasteiger partial charge in [0, 0.05) is 19.3 Å². The molecule has 0 aromatic rings. The van der Waals surface area contributed by atoms with Crippen LogP contribution in [0.15, 0.2) is 109 Å². The van der Waals surface area contributed by atoms with Crippen LogP contribution in [-0.2, 0) is 28.6 Å². The van der Waals surface area contributed by atoms with Crippen molar-refractivity contribution in [2.75, 3.05) is 13.2 Å². The van der Waals surface area contributed by atoms with Gasteiger partial charge in [0.15, 0.2) is 6.10 Å². The molecular formula is C63H104O6. The number of unbranched alkanes of at least 4 members (excludes halogenated alkanes) is 21. The van der Waals surface area contributed by atoms with Crippen LogP contribution in [0.1, 0.15) is 252 Å². The van der Waals surface area contributed by atoms with E-state index in [-0.39, 0.29) is 37.5 Å². The molecule has 0 heterocycles. The molecule has 0 amide bonds. The standard InChI is InChI=1S/C63H104O6/c1-4-7-10-13-16-19-21-23-25-26-27-28-29-30-31-32-33-34-35-36-38-39-41-44-47-50-53-56-62(65)68-59-60(58-67-61(64)55-52-49-46-43-18-15-12-9-6-3)69-63(66)57-54-51-48-45-42-40-37-24-22-20-17-14-11-8-5-2/h7-8,10-11,16-17,19-20,23-25,27-28,30-31,37,42,45,60H,4-6,9,12-15,18,21-22,26,29,32-36,38-41,43-44,46-59H2,1-3H3/b10-7-,11-8-,19-16-,20-17-,25-23-,28-27-,31-30-,37-24-,45-42-. The van der Waals surface area contributed by atoms with Gasteiger partial charge in [0.05, 0.1) is 0 Å². The van der Waals surface area contributed by atoms with Gasteiger partial charge in [-0.2, -0.15) is 0 Å². The molecule has 0 saturated heterocycles.